The summed E-state index contributed by atoms with van der Waals surface area (Å²) in [6, 6.07) is 0. The number of nitrogens with zero attached hydrogens (tertiary/aromatic N) is 4. The van der Waals surface area contributed by atoms with Gasteiger partial charge in [0.25, 0.3) is 0 Å². The van der Waals surface area contributed by atoms with Crippen LogP contribution in [0.15, 0.2) is 0 Å². The van der Waals surface area contributed by atoms with Gasteiger partial charge in [0.2, 0.25) is 0 Å². The fraction of sp³-hybridized carbons (Fsp3) is 0.867. The molecule has 1 aromatic heterocycles. The Morgan fingerprint density at radius 2 is 2.10 bits per heavy atom. The first-order valence-electron chi connectivity index (χ1n) is 7.88. The molecule has 3 heterocycles. The van der Waals surface area contributed by atoms with Gasteiger partial charge in [0, 0.05) is 19.0 Å². The Bertz CT molecular complexity index is 455. The lowest BCUT2D eigenvalue weighted by molar-refractivity contribution is 0.111. The fourth-order valence-electron chi connectivity index (χ4n) is 3.80. The molecule has 0 bridgehead atoms. The minimum absolute atomic E-state index is 0.400. The standard InChI is InChI=1S/C15H27N5/c1-12(2)14-16-13(17-18-14)9-20-8-6-15(11-20)5-4-7-19(3)10-15/h12H,4-11H2,1-3H3,(H,16,17,18). The highest BCUT2D eigenvalue weighted by atomic mass is 15.3. The maximum atomic E-state index is 4.60. The zero-order valence-electron chi connectivity index (χ0n) is 13.0. The van der Waals surface area contributed by atoms with Crippen molar-refractivity contribution in [2.75, 3.05) is 33.2 Å². The second-order valence-electron chi connectivity index (χ2n) is 7.10. The first kappa shape index (κ1) is 14.0. The van der Waals surface area contributed by atoms with Gasteiger partial charge in [0.1, 0.15) is 5.82 Å². The topological polar surface area (TPSA) is 48.1 Å². The lowest BCUT2D eigenvalue weighted by Crippen LogP contribution is -2.42. The molecular weight excluding hydrogens is 250 g/mol. The van der Waals surface area contributed by atoms with E-state index < -0.39 is 0 Å². The lowest BCUT2D eigenvalue weighted by atomic mass is 9.79. The molecular formula is C15H27N5. The van der Waals surface area contributed by atoms with Gasteiger partial charge in [-0.1, -0.05) is 13.8 Å². The monoisotopic (exact) mass is 277 g/mol. The van der Waals surface area contributed by atoms with Crippen LogP contribution in [0.1, 0.15) is 50.7 Å². The molecule has 2 aliphatic rings. The first-order chi connectivity index (χ1) is 9.56. The quantitative estimate of drug-likeness (QED) is 0.916. The third-order valence-electron chi connectivity index (χ3n) is 4.81. The van der Waals surface area contributed by atoms with Crippen molar-refractivity contribution < 1.29 is 0 Å². The van der Waals surface area contributed by atoms with Crippen molar-refractivity contribution in [3.8, 4) is 0 Å². The van der Waals surface area contributed by atoms with Crippen molar-refractivity contribution in [3.63, 3.8) is 0 Å². The van der Waals surface area contributed by atoms with Crippen molar-refractivity contribution in [1.29, 1.82) is 0 Å². The van der Waals surface area contributed by atoms with Crippen molar-refractivity contribution in [2.24, 2.45) is 5.41 Å². The molecule has 1 spiro atoms. The van der Waals surface area contributed by atoms with Crippen molar-refractivity contribution in [3.05, 3.63) is 11.6 Å². The van der Waals surface area contributed by atoms with Crippen LogP contribution in [0.2, 0.25) is 0 Å². The molecule has 1 N–H and O–H groups in total. The number of likely N-dealkylation sites (tertiary alicyclic amines) is 2. The molecule has 0 saturated carbocycles. The molecule has 112 valence electrons. The summed E-state index contributed by atoms with van der Waals surface area (Å²) in [5.41, 5.74) is 0.536. The molecule has 20 heavy (non-hydrogen) atoms. The SMILES string of the molecule is CC(C)c1n[nH]c(CN2CCC3(CCCN(C)C3)C2)n1. The smallest absolute Gasteiger partial charge is 0.153 e. The highest BCUT2D eigenvalue weighted by molar-refractivity contribution is 4.98. The van der Waals surface area contributed by atoms with Crippen LogP contribution in [0, 0.1) is 5.41 Å². The summed E-state index contributed by atoms with van der Waals surface area (Å²) in [4.78, 5) is 9.65. The summed E-state index contributed by atoms with van der Waals surface area (Å²) < 4.78 is 0. The first-order valence-corrected chi connectivity index (χ1v) is 7.88. The molecule has 1 aromatic rings. The van der Waals surface area contributed by atoms with Crippen LogP contribution in [-0.2, 0) is 6.54 Å². The predicted octanol–water partition coefficient (Wildman–Crippen LogP) is 1.85. The molecule has 0 aromatic carbocycles. The van der Waals surface area contributed by atoms with E-state index in [-0.39, 0.29) is 0 Å². The van der Waals surface area contributed by atoms with E-state index in [1.54, 1.807) is 0 Å². The largest absolute Gasteiger partial charge is 0.306 e. The fourth-order valence-corrected chi connectivity index (χ4v) is 3.80. The van der Waals surface area contributed by atoms with Gasteiger partial charge in [-0.2, -0.15) is 5.10 Å². The van der Waals surface area contributed by atoms with Gasteiger partial charge in [-0.15, -0.1) is 0 Å². The number of rotatable bonds is 3. The summed E-state index contributed by atoms with van der Waals surface area (Å²) >= 11 is 0. The van der Waals surface area contributed by atoms with Crippen LogP contribution in [0.25, 0.3) is 0 Å². The van der Waals surface area contributed by atoms with E-state index >= 15 is 0 Å². The Labute approximate surface area is 121 Å². The Kier molecular flexibility index (Phi) is 3.82. The number of hydrogen-bond donors (Lipinski definition) is 1. The maximum Gasteiger partial charge on any atom is 0.153 e. The van der Waals surface area contributed by atoms with Crippen molar-refractivity contribution >= 4 is 0 Å². The van der Waals surface area contributed by atoms with E-state index in [0.717, 1.165) is 18.2 Å². The average molecular weight is 277 g/mol. The number of aromatic nitrogens is 3. The van der Waals surface area contributed by atoms with Gasteiger partial charge < -0.3 is 4.90 Å². The molecule has 5 heteroatoms. The predicted molar refractivity (Wildman–Crippen MR) is 79.5 cm³/mol. The van der Waals surface area contributed by atoms with Crippen LogP contribution in [-0.4, -0.2) is 58.2 Å². The van der Waals surface area contributed by atoms with Crippen LogP contribution in [0.5, 0.6) is 0 Å². The number of hydrogen-bond acceptors (Lipinski definition) is 4. The zero-order valence-corrected chi connectivity index (χ0v) is 13.0. The van der Waals surface area contributed by atoms with Gasteiger partial charge in [-0.25, -0.2) is 4.98 Å². The number of H-pyrrole nitrogens is 1. The van der Waals surface area contributed by atoms with E-state index in [2.05, 4.69) is 45.9 Å². The molecule has 1 unspecified atom stereocenters. The highest BCUT2D eigenvalue weighted by Gasteiger charge is 2.40. The summed E-state index contributed by atoms with van der Waals surface area (Å²) in [6.07, 6.45) is 4.08. The molecule has 2 fully saturated rings. The molecule has 2 saturated heterocycles. The molecule has 5 nitrogen and oxygen atoms in total. The van der Waals surface area contributed by atoms with Crippen LogP contribution < -0.4 is 0 Å². The molecule has 0 aliphatic carbocycles. The Balaban J connectivity index is 1.59. The van der Waals surface area contributed by atoms with Crippen LogP contribution in [0.3, 0.4) is 0 Å². The van der Waals surface area contributed by atoms with Crippen molar-refractivity contribution in [1.82, 2.24) is 25.0 Å². The highest BCUT2D eigenvalue weighted by Crippen LogP contribution is 2.38. The summed E-state index contributed by atoms with van der Waals surface area (Å²) in [5, 5.41) is 7.40. The Hall–Kier alpha value is -0.940. The molecule has 1 atom stereocenters. The van der Waals surface area contributed by atoms with Crippen LogP contribution in [0.4, 0.5) is 0 Å². The summed E-state index contributed by atoms with van der Waals surface area (Å²) in [6.45, 7) is 10.1. The third kappa shape index (κ3) is 2.88. The Morgan fingerprint density at radius 1 is 1.25 bits per heavy atom. The third-order valence-corrected chi connectivity index (χ3v) is 4.81. The van der Waals surface area contributed by atoms with Crippen molar-refractivity contribution in [2.45, 2.75) is 45.6 Å². The van der Waals surface area contributed by atoms with Gasteiger partial charge in [0.05, 0.1) is 6.54 Å². The van der Waals surface area contributed by atoms with Gasteiger partial charge >= 0.3 is 0 Å². The number of nitrogens with one attached hydrogen (secondary N) is 1. The van der Waals surface area contributed by atoms with E-state index in [1.807, 2.05) is 0 Å². The molecule has 0 radical (unpaired) electrons. The molecule has 0 amide bonds. The Morgan fingerprint density at radius 3 is 2.80 bits per heavy atom. The average Bonchev–Trinajstić information content (AvgIpc) is 2.98. The van der Waals surface area contributed by atoms with E-state index in [4.69, 9.17) is 0 Å². The normalized spacial score (nSPS) is 28.8. The van der Waals surface area contributed by atoms with Crippen LogP contribution >= 0.6 is 0 Å². The second-order valence-corrected chi connectivity index (χ2v) is 7.10. The minimum atomic E-state index is 0.400. The number of piperidine rings is 1. The summed E-state index contributed by atoms with van der Waals surface area (Å²) in [5.74, 6) is 2.36. The number of aromatic amines is 1. The lowest BCUT2D eigenvalue weighted by Gasteiger charge is -2.38. The molecule has 3 rings (SSSR count). The van der Waals surface area contributed by atoms with E-state index in [1.165, 1.54) is 45.4 Å². The second kappa shape index (κ2) is 5.45. The van der Waals surface area contributed by atoms with E-state index in [0.29, 0.717) is 11.3 Å². The molecule has 2 aliphatic heterocycles. The van der Waals surface area contributed by atoms with Gasteiger partial charge in [-0.05, 0) is 44.8 Å². The van der Waals surface area contributed by atoms with Gasteiger partial charge in [0.15, 0.2) is 5.82 Å². The minimum Gasteiger partial charge on any atom is -0.306 e. The summed E-state index contributed by atoms with van der Waals surface area (Å²) in [7, 11) is 2.26. The van der Waals surface area contributed by atoms with Gasteiger partial charge in [-0.3, -0.25) is 10.00 Å². The van der Waals surface area contributed by atoms with E-state index in [9.17, 15) is 0 Å². The zero-order chi connectivity index (χ0) is 14.2. The maximum absolute atomic E-state index is 4.60.